The number of nitrogens with one attached hydrogen (secondary N) is 1. The van der Waals surface area contributed by atoms with Gasteiger partial charge in [-0.25, -0.2) is 4.98 Å². The molecular formula is C21H25N3O3S. The zero-order valence-electron chi connectivity index (χ0n) is 16.1. The third-order valence-corrected chi connectivity index (χ3v) is 6.54. The Kier molecular flexibility index (Phi) is 5.71. The fraction of sp³-hybridized carbons (Fsp3) is 0.476. The van der Waals surface area contributed by atoms with E-state index in [1.807, 2.05) is 24.3 Å². The Morgan fingerprint density at radius 2 is 2.07 bits per heavy atom. The summed E-state index contributed by atoms with van der Waals surface area (Å²) >= 11 is 1.59. The van der Waals surface area contributed by atoms with Gasteiger partial charge in [0.25, 0.3) is 5.56 Å². The van der Waals surface area contributed by atoms with Crippen LogP contribution in [0.4, 0.5) is 0 Å². The van der Waals surface area contributed by atoms with E-state index in [0.717, 1.165) is 65.6 Å². The third kappa shape index (κ3) is 3.94. The van der Waals surface area contributed by atoms with Gasteiger partial charge in [-0.15, -0.1) is 0 Å². The summed E-state index contributed by atoms with van der Waals surface area (Å²) in [5.74, 6) is 1.54. The number of carbonyl (C=O) groups is 1. The summed E-state index contributed by atoms with van der Waals surface area (Å²) in [6.45, 7) is 0.579. The van der Waals surface area contributed by atoms with Crippen molar-refractivity contribution in [1.82, 2.24) is 14.9 Å². The van der Waals surface area contributed by atoms with Gasteiger partial charge in [-0.3, -0.25) is 14.2 Å². The van der Waals surface area contributed by atoms with Crippen molar-refractivity contribution in [3.63, 3.8) is 0 Å². The van der Waals surface area contributed by atoms with E-state index >= 15 is 0 Å². The molecule has 0 saturated heterocycles. The second-order valence-electron chi connectivity index (χ2n) is 7.32. The molecule has 0 saturated carbocycles. The van der Waals surface area contributed by atoms with Crippen LogP contribution in [0.5, 0.6) is 5.75 Å². The molecule has 6 nitrogen and oxygen atoms in total. The number of amides is 1. The number of hydrogen-bond acceptors (Lipinski definition) is 5. The van der Waals surface area contributed by atoms with Crippen molar-refractivity contribution in [3.8, 4) is 5.75 Å². The average Bonchev–Trinajstić information content (AvgIpc) is 3.11. The van der Waals surface area contributed by atoms with Crippen LogP contribution in [0.15, 0.2) is 34.2 Å². The summed E-state index contributed by atoms with van der Waals surface area (Å²) in [6, 6.07) is 7.74. The summed E-state index contributed by atoms with van der Waals surface area (Å²) < 4.78 is 6.92. The molecule has 1 N–H and O–H groups in total. The Morgan fingerprint density at radius 3 is 2.86 bits per heavy atom. The second-order valence-corrected chi connectivity index (χ2v) is 8.31. The molecular weight excluding hydrogens is 374 g/mol. The molecule has 2 aromatic rings. The van der Waals surface area contributed by atoms with Crippen LogP contribution < -0.4 is 15.6 Å². The Bertz CT molecular complexity index is 924. The first-order chi connectivity index (χ1) is 13.7. The lowest BCUT2D eigenvalue weighted by Gasteiger charge is -2.18. The van der Waals surface area contributed by atoms with E-state index in [1.165, 1.54) is 0 Å². The van der Waals surface area contributed by atoms with Gasteiger partial charge in [0.2, 0.25) is 5.91 Å². The first kappa shape index (κ1) is 19.1. The first-order valence-corrected chi connectivity index (χ1v) is 10.8. The minimum atomic E-state index is -0.104. The number of hydrogen-bond donors (Lipinski definition) is 1. The highest BCUT2D eigenvalue weighted by Crippen LogP contribution is 2.33. The Morgan fingerprint density at radius 1 is 1.29 bits per heavy atom. The highest BCUT2D eigenvalue weighted by molar-refractivity contribution is 7.99. The van der Waals surface area contributed by atoms with Gasteiger partial charge in [0, 0.05) is 24.3 Å². The maximum atomic E-state index is 12.9. The topological polar surface area (TPSA) is 73.2 Å². The normalized spacial score (nSPS) is 17.7. The van der Waals surface area contributed by atoms with Gasteiger partial charge < -0.3 is 10.1 Å². The quantitative estimate of drug-likeness (QED) is 0.756. The maximum Gasteiger partial charge on any atom is 0.257 e. The van der Waals surface area contributed by atoms with Gasteiger partial charge in [-0.05, 0) is 49.8 Å². The maximum absolute atomic E-state index is 12.9. The van der Waals surface area contributed by atoms with Crippen LogP contribution in [-0.2, 0) is 24.1 Å². The molecule has 1 aliphatic carbocycles. The zero-order chi connectivity index (χ0) is 19.5. The van der Waals surface area contributed by atoms with Crippen LogP contribution in [0.25, 0.3) is 0 Å². The smallest absolute Gasteiger partial charge is 0.257 e. The third-order valence-electron chi connectivity index (χ3n) is 5.44. The molecule has 1 aromatic carbocycles. The standard InChI is InChI=1S/C21H25N3O3S/c1-27-16-8-6-14(7-9-16)10-11-22-19(25)12-15-13-28-21-23-18-5-3-2-4-17(18)20(26)24(15)21/h6-9,15H,2-5,10-13H2,1H3,(H,22,25). The Balaban J connectivity index is 1.35. The molecule has 0 spiro atoms. The molecule has 1 aliphatic heterocycles. The fourth-order valence-corrected chi connectivity index (χ4v) is 5.04. The van der Waals surface area contributed by atoms with Gasteiger partial charge in [0.1, 0.15) is 5.75 Å². The number of rotatable bonds is 6. The summed E-state index contributed by atoms with van der Waals surface area (Å²) in [4.78, 5) is 30.1. The van der Waals surface area contributed by atoms with Crippen LogP contribution in [-0.4, -0.2) is 34.9 Å². The van der Waals surface area contributed by atoms with E-state index in [0.29, 0.717) is 13.0 Å². The number of methoxy groups -OCH3 is 1. The molecule has 0 fully saturated rings. The van der Waals surface area contributed by atoms with E-state index < -0.39 is 0 Å². The van der Waals surface area contributed by atoms with Crippen LogP contribution in [0.2, 0.25) is 0 Å². The highest BCUT2D eigenvalue weighted by atomic mass is 32.2. The molecule has 2 heterocycles. The van der Waals surface area contributed by atoms with E-state index in [2.05, 4.69) is 5.32 Å². The van der Waals surface area contributed by atoms with Crippen LogP contribution in [0.1, 0.15) is 42.1 Å². The molecule has 4 rings (SSSR count). The van der Waals surface area contributed by atoms with Crippen molar-refractivity contribution in [2.75, 3.05) is 19.4 Å². The molecule has 1 aromatic heterocycles. The SMILES string of the molecule is COc1ccc(CCNC(=O)CC2CSc3nc4c(c(=O)n32)CCCC4)cc1. The van der Waals surface area contributed by atoms with E-state index in [1.54, 1.807) is 23.4 Å². The number of carbonyl (C=O) groups excluding carboxylic acids is 1. The number of aryl methyl sites for hydroxylation is 1. The molecule has 2 aliphatic rings. The predicted molar refractivity (Wildman–Crippen MR) is 109 cm³/mol. The minimum Gasteiger partial charge on any atom is -0.497 e. The van der Waals surface area contributed by atoms with Crippen molar-refractivity contribution in [2.24, 2.45) is 0 Å². The number of fused-ring (bicyclic) bond motifs is 2. The largest absolute Gasteiger partial charge is 0.497 e. The monoisotopic (exact) mass is 399 g/mol. The van der Waals surface area contributed by atoms with Crippen LogP contribution in [0.3, 0.4) is 0 Å². The zero-order valence-corrected chi connectivity index (χ0v) is 16.9. The molecule has 1 amide bonds. The van der Waals surface area contributed by atoms with Gasteiger partial charge in [0.05, 0.1) is 18.8 Å². The van der Waals surface area contributed by atoms with Crippen molar-refractivity contribution in [2.45, 2.75) is 49.7 Å². The first-order valence-electron chi connectivity index (χ1n) is 9.82. The number of thioether (sulfide) groups is 1. The summed E-state index contributed by atoms with van der Waals surface area (Å²) in [5, 5.41) is 3.76. The van der Waals surface area contributed by atoms with Crippen molar-refractivity contribution < 1.29 is 9.53 Å². The average molecular weight is 400 g/mol. The van der Waals surface area contributed by atoms with Crippen molar-refractivity contribution in [1.29, 1.82) is 0 Å². The Labute approximate surface area is 168 Å². The predicted octanol–water partition coefficient (Wildman–Crippen LogP) is 2.53. The minimum absolute atomic E-state index is 0.0171. The van der Waals surface area contributed by atoms with Gasteiger partial charge in [-0.1, -0.05) is 23.9 Å². The fourth-order valence-electron chi connectivity index (χ4n) is 3.89. The molecule has 1 unspecified atom stereocenters. The molecule has 7 heteroatoms. The van der Waals surface area contributed by atoms with Crippen molar-refractivity contribution in [3.05, 3.63) is 51.4 Å². The molecule has 148 valence electrons. The van der Waals surface area contributed by atoms with Gasteiger partial charge in [-0.2, -0.15) is 0 Å². The van der Waals surface area contributed by atoms with Gasteiger partial charge >= 0.3 is 0 Å². The number of benzene rings is 1. The van der Waals surface area contributed by atoms with Crippen LogP contribution >= 0.6 is 11.8 Å². The van der Waals surface area contributed by atoms with Gasteiger partial charge in [0.15, 0.2) is 5.16 Å². The molecule has 28 heavy (non-hydrogen) atoms. The van der Waals surface area contributed by atoms with Crippen LogP contribution in [0, 0.1) is 0 Å². The molecule has 1 atom stereocenters. The lowest BCUT2D eigenvalue weighted by atomic mass is 9.97. The summed E-state index contributed by atoms with van der Waals surface area (Å²) in [5.41, 5.74) is 3.05. The molecule has 0 bridgehead atoms. The Hall–Kier alpha value is -2.28. The van der Waals surface area contributed by atoms with E-state index in [-0.39, 0.29) is 17.5 Å². The summed E-state index contributed by atoms with van der Waals surface area (Å²) in [6.07, 6.45) is 4.95. The lowest BCUT2D eigenvalue weighted by Crippen LogP contribution is -2.34. The van der Waals surface area contributed by atoms with Crippen molar-refractivity contribution >= 4 is 17.7 Å². The highest BCUT2D eigenvalue weighted by Gasteiger charge is 2.30. The number of ether oxygens (including phenoxy) is 1. The van der Waals surface area contributed by atoms with E-state index in [9.17, 15) is 9.59 Å². The second kappa shape index (κ2) is 8.39. The van der Waals surface area contributed by atoms with E-state index in [4.69, 9.17) is 9.72 Å². The molecule has 0 radical (unpaired) electrons. The number of nitrogens with zero attached hydrogens (tertiary/aromatic N) is 2. The lowest BCUT2D eigenvalue weighted by molar-refractivity contribution is -0.121. The number of aromatic nitrogens is 2. The summed E-state index contributed by atoms with van der Waals surface area (Å²) in [7, 11) is 1.64.